The highest BCUT2D eigenvalue weighted by Crippen LogP contribution is 2.37. The Kier molecular flexibility index (Phi) is 6.80. The molecule has 3 aromatic rings. The molecule has 0 aliphatic rings. The number of rotatable bonds is 6. The van der Waals surface area contributed by atoms with E-state index in [0.29, 0.717) is 5.56 Å². The number of hydrogen-bond acceptors (Lipinski definition) is 3. The van der Waals surface area contributed by atoms with E-state index in [-0.39, 0.29) is 28.3 Å². The molecule has 32 heavy (non-hydrogen) atoms. The van der Waals surface area contributed by atoms with Crippen molar-refractivity contribution in [1.82, 2.24) is 4.98 Å². The van der Waals surface area contributed by atoms with E-state index in [9.17, 15) is 31.9 Å². The van der Waals surface area contributed by atoms with Crippen molar-refractivity contribution >= 4 is 17.6 Å². The molecule has 2 aromatic carbocycles. The molecule has 2 N–H and O–H groups in total. The molecule has 3 rings (SSSR count). The smallest absolute Gasteiger partial charge is 0.414 e. The summed E-state index contributed by atoms with van der Waals surface area (Å²) in [5.74, 6) is -4.73. The molecule has 2 unspecified atom stereocenters. The van der Waals surface area contributed by atoms with Gasteiger partial charge in [0.15, 0.2) is 6.10 Å². The van der Waals surface area contributed by atoms with Gasteiger partial charge in [-0.1, -0.05) is 17.7 Å². The number of benzene rings is 2. The topological polar surface area (TPSA) is 70.4 Å². The largest absolute Gasteiger partial charge is 0.478 e. The second kappa shape index (κ2) is 9.22. The van der Waals surface area contributed by atoms with Crippen LogP contribution in [-0.2, 0) is 6.42 Å². The molecule has 0 aliphatic carbocycles. The Bertz CT molecular complexity index is 1150. The highest BCUT2D eigenvalue weighted by molar-refractivity contribution is 6.31. The summed E-state index contributed by atoms with van der Waals surface area (Å²) < 4.78 is 67.0. The summed E-state index contributed by atoms with van der Waals surface area (Å²) in [6, 6.07) is 8.98. The van der Waals surface area contributed by atoms with Crippen molar-refractivity contribution in [1.29, 1.82) is 0 Å². The molecule has 0 fully saturated rings. The van der Waals surface area contributed by atoms with Crippen LogP contribution < -0.4 is 0 Å². The summed E-state index contributed by atoms with van der Waals surface area (Å²) in [5.41, 5.74) is 0.0584. The lowest BCUT2D eigenvalue weighted by Crippen LogP contribution is -2.35. The van der Waals surface area contributed by atoms with Crippen molar-refractivity contribution in [3.05, 3.63) is 88.1 Å². The number of pyridine rings is 1. The number of aliphatic hydroxyl groups is 1. The first-order chi connectivity index (χ1) is 15.0. The average molecular weight is 472 g/mol. The summed E-state index contributed by atoms with van der Waals surface area (Å²) in [6.45, 7) is 0. The summed E-state index contributed by atoms with van der Waals surface area (Å²) >= 11 is 5.95. The Morgan fingerprint density at radius 3 is 2.41 bits per heavy atom. The molecule has 1 aromatic heterocycles. The minimum Gasteiger partial charge on any atom is -0.478 e. The van der Waals surface area contributed by atoms with E-state index >= 15 is 0 Å². The van der Waals surface area contributed by atoms with Gasteiger partial charge in [-0.15, -0.1) is 0 Å². The normalized spacial score (nSPS) is 13.6. The maximum absolute atomic E-state index is 13.7. The molecule has 0 amide bonds. The number of carbonyl (C=O) groups is 1. The van der Waals surface area contributed by atoms with E-state index in [4.69, 9.17) is 16.7 Å². The van der Waals surface area contributed by atoms with Crippen LogP contribution in [0.4, 0.5) is 22.0 Å². The Labute approximate surface area is 183 Å². The second-order valence-corrected chi connectivity index (χ2v) is 7.42. The van der Waals surface area contributed by atoms with Crippen LogP contribution in [0.3, 0.4) is 0 Å². The van der Waals surface area contributed by atoms with E-state index in [2.05, 4.69) is 4.98 Å². The summed E-state index contributed by atoms with van der Waals surface area (Å²) in [4.78, 5) is 15.2. The van der Waals surface area contributed by atoms with Gasteiger partial charge in [-0.2, -0.15) is 13.2 Å². The minimum absolute atomic E-state index is 0.0915. The van der Waals surface area contributed by atoms with E-state index in [0.717, 1.165) is 30.3 Å². The Balaban J connectivity index is 2.01. The first-order valence-electron chi connectivity index (χ1n) is 9.15. The lowest BCUT2D eigenvalue weighted by molar-refractivity contribution is -0.210. The molecule has 0 saturated heterocycles. The SMILES string of the molecule is O=C(O)c1cc(-c2cc(CC(c3ccc(F)cc3Cl)C(O)C(F)(F)F)ccn2)ccc1F. The van der Waals surface area contributed by atoms with Gasteiger partial charge in [0.2, 0.25) is 0 Å². The van der Waals surface area contributed by atoms with Gasteiger partial charge in [-0.25, -0.2) is 13.6 Å². The van der Waals surface area contributed by atoms with Crippen LogP contribution in [0.1, 0.15) is 27.4 Å². The van der Waals surface area contributed by atoms with Crippen molar-refractivity contribution < 1.29 is 37.0 Å². The van der Waals surface area contributed by atoms with Gasteiger partial charge in [0, 0.05) is 22.7 Å². The number of nitrogens with zero attached hydrogens (tertiary/aromatic N) is 1. The maximum Gasteiger partial charge on any atom is 0.414 e. The number of carboxylic acid groups (broad SMARTS) is 1. The number of aromatic nitrogens is 1. The van der Waals surface area contributed by atoms with Crippen LogP contribution in [0, 0.1) is 11.6 Å². The zero-order chi connectivity index (χ0) is 23.6. The number of aromatic carboxylic acids is 1. The molecule has 0 radical (unpaired) electrons. The van der Waals surface area contributed by atoms with Crippen molar-refractivity contribution in [2.24, 2.45) is 0 Å². The minimum atomic E-state index is -4.97. The molecule has 0 saturated carbocycles. The van der Waals surface area contributed by atoms with Gasteiger partial charge in [0.25, 0.3) is 0 Å². The third-order valence-electron chi connectivity index (χ3n) is 4.85. The predicted octanol–water partition coefficient (Wildman–Crippen LogP) is 5.63. The zero-order valence-corrected chi connectivity index (χ0v) is 16.8. The van der Waals surface area contributed by atoms with E-state index in [1.165, 1.54) is 24.4 Å². The molecule has 1 heterocycles. The molecule has 0 aliphatic heterocycles. The van der Waals surface area contributed by atoms with E-state index in [1.807, 2.05) is 0 Å². The summed E-state index contributed by atoms with van der Waals surface area (Å²) in [5, 5.41) is 18.8. The fourth-order valence-corrected chi connectivity index (χ4v) is 3.59. The third kappa shape index (κ3) is 5.23. The first-order valence-corrected chi connectivity index (χ1v) is 9.53. The standard InChI is InChI=1S/C22H15ClF5NO3/c23-17-10-13(24)2-3-14(17)15(20(30)22(26,27)28)7-11-5-6-29-19(8-11)12-1-4-18(25)16(9-12)21(31)32/h1-6,8-10,15,20,30H,7H2,(H,31,32). The lowest BCUT2D eigenvalue weighted by Gasteiger charge is -2.26. The fraction of sp³-hybridized carbons (Fsp3) is 0.182. The van der Waals surface area contributed by atoms with Crippen LogP contribution in [0.2, 0.25) is 5.02 Å². The van der Waals surface area contributed by atoms with Crippen LogP contribution in [-0.4, -0.2) is 33.4 Å². The Morgan fingerprint density at radius 1 is 1.06 bits per heavy atom. The number of aliphatic hydroxyl groups excluding tert-OH is 1. The van der Waals surface area contributed by atoms with Crippen molar-refractivity contribution in [3.8, 4) is 11.3 Å². The van der Waals surface area contributed by atoms with Crippen molar-refractivity contribution in [2.75, 3.05) is 0 Å². The van der Waals surface area contributed by atoms with Gasteiger partial charge in [-0.05, 0) is 60.0 Å². The van der Waals surface area contributed by atoms with E-state index in [1.54, 1.807) is 0 Å². The van der Waals surface area contributed by atoms with Gasteiger partial charge >= 0.3 is 12.1 Å². The van der Waals surface area contributed by atoms with Crippen LogP contribution in [0.5, 0.6) is 0 Å². The Hall–Kier alpha value is -3.04. The number of carboxylic acids is 1. The Morgan fingerprint density at radius 2 is 1.78 bits per heavy atom. The molecule has 4 nitrogen and oxygen atoms in total. The van der Waals surface area contributed by atoms with Gasteiger partial charge in [0.1, 0.15) is 11.6 Å². The maximum atomic E-state index is 13.7. The summed E-state index contributed by atoms with van der Waals surface area (Å²) in [6.07, 6.45) is -6.80. The highest BCUT2D eigenvalue weighted by atomic mass is 35.5. The zero-order valence-electron chi connectivity index (χ0n) is 16.1. The van der Waals surface area contributed by atoms with Gasteiger partial charge < -0.3 is 10.2 Å². The molecule has 0 bridgehead atoms. The van der Waals surface area contributed by atoms with Gasteiger partial charge in [0.05, 0.1) is 11.3 Å². The number of alkyl halides is 3. The molecular formula is C22H15ClF5NO3. The average Bonchev–Trinajstić information content (AvgIpc) is 2.71. The molecule has 2 atom stereocenters. The molecule has 0 spiro atoms. The third-order valence-corrected chi connectivity index (χ3v) is 5.18. The van der Waals surface area contributed by atoms with Crippen LogP contribution >= 0.6 is 11.6 Å². The van der Waals surface area contributed by atoms with Gasteiger partial charge in [-0.3, -0.25) is 4.98 Å². The monoisotopic (exact) mass is 471 g/mol. The fourth-order valence-electron chi connectivity index (χ4n) is 3.28. The lowest BCUT2D eigenvalue weighted by atomic mass is 9.86. The number of hydrogen-bond donors (Lipinski definition) is 2. The molecule has 168 valence electrons. The predicted molar refractivity (Wildman–Crippen MR) is 107 cm³/mol. The molecular weight excluding hydrogens is 457 g/mol. The van der Waals surface area contributed by atoms with Crippen molar-refractivity contribution in [2.45, 2.75) is 24.6 Å². The van der Waals surface area contributed by atoms with Crippen molar-refractivity contribution in [3.63, 3.8) is 0 Å². The summed E-state index contributed by atoms with van der Waals surface area (Å²) in [7, 11) is 0. The van der Waals surface area contributed by atoms with Crippen LogP contribution in [0.15, 0.2) is 54.7 Å². The number of halogens is 6. The second-order valence-electron chi connectivity index (χ2n) is 7.01. The van der Waals surface area contributed by atoms with E-state index < -0.39 is 41.4 Å². The quantitative estimate of drug-likeness (QED) is 0.457. The highest BCUT2D eigenvalue weighted by Gasteiger charge is 2.44. The van der Waals surface area contributed by atoms with Crippen LogP contribution in [0.25, 0.3) is 11.3 Å². The first kappa shape index (κ1) is 23.6. The molecule has 10 heteroatoms.